The lowest BCUT2D eigenvalue weighted by Gasteiger charge is -2.33. The van der Waals surface area contributed by atoms with E-state index in [0.717, 1.165) is 19.6 Å². The first kappa shape index (κ1) is 18.9. The molecule has 6 heteroatoms. The van der Waals surface area contributed by atoms with Crippen LogP contribution < -0.4 is 10.5 Å². The van der Waals surface area contributed by atoms with Crippen LogP contribution in [0.2, 0.25) is 10.0 Å². The number of benzene rings is 1. The van der Waals surface area contributed by atoms with E-state index in [1.165, 1.54) is 12.8 Å². The van der Waals surface area contributed by atoms with E-state index < -0.39 is 0 Å². The van der Waals surface area contributed by atoms with E-state index in [0.29, 0.717) is 34.4 Å². The van der Waals surface area contributed by atoms with Crippen LogP contribution in [-0.2, 0) is 0 Å². The minimum atomic E-state index is 0. The second-order valence-corrected chi connectivity index (χ2v) is 6.25. The van der Waals surface area contributed by atoms with Gasteiger partial charge in [-0.2, -0.15) is 0 Å². The molecule has 0 spiro atoms. The number of piperidine rings is 1. The molecule has 0 aliphatic carbocycles. The lowest BCUT2D eigenvalue weighted by atomic mass is 9.91. The Kier molecular flexibility index (Phi) is 8.14. The third-order valence-electron chi connectivity index (χ3n) is 3.95. The van der Waals surface area contributed by atoms with Gasteiger partial charge in [0.2, 0.25) is 0 Å². The number of nitrogens with two attached hydrogens (primary N) is 1. The van der Waals surface area contributed by atoms with Gasteiger partial charge in [-0.3, -0.25) is 4.90 Å². The second-order valence-electron chi connectivity index (χ2n) is 5.44. The molecular weight excluding hydrogens is 331 g/mol. The molecule has 21 heavy (non-hydrogen) atoms. The number of nitrogens with zero attached hydrogens (tertiary/aromatic N) is 1. The molecule has 1 saturated heterocycles. The maximum Gasteiger partial charge on any atom is 0.156 e. The summed E-state index contributed by atoms with van der Waals surface area (Å²) in [6.07, 6.45) is 2.34. The zero-order chi connectivity index (χ0) is 14.5. The minimum Gasteiger partial charge on any atom is -0.489 e. The molecular formula is C15H23Cl3N2O. The highest BCUT2D eigenvalue weighted by atomic mass is 35.5. The van der Waals surface area contributed by atoms with Gasteiger partial charge in [-0.1, -0.05) is 29.3 Å². The standard InChI is InChI=1S/C15H22Cl2N2O.ClH/c1-11(18)12-5-7-19(8-6-12)9-10-20-15-13(16)3-2-4-14(15)17;/h2-4,11-12H,5-10,18H2,1H3;1H. The molecule has 0 bridgehead atoms. The van der Waals surface area contributed by atoms with Crippen LogP contribution >= 0.6 is 35.6 Å². The molecule has 3 nitrogen and oxygen atoms in total. The Morgan fingerprint density at radius 3 is 2.38 bits per heavy atom. The van der Waals surface area contributed by atoms with E-state index in [1.807, 2.05) is 6.07 Å². The van der Waals surface area contributed by atoms with Gasteiger partial charge in [-0.25, -0.2) is 0 Å². The van der Waals surface area contributed by atoms with E-state index in [2.05, 4.69) is 11.8 Å². The van der Waals surface area contributed by atoms with Crippen molar-refractivity contribution in [1.82, 2.24) is 4.90 Å². The smallest absolute Gasteiger partial charge is 0.156 e. The summed E-state index contributed by atoms with van der Waals surface area (Å²) in [5.41, 5.74) is 5.95. The third-order valence-corrected chi connectivity index (χ3v) is 4.54. The van der Waals surface area contributed by atoms with E-state index in [1.54, 1.807) is 12.1 Å². The van der Waals surface area contributed by atoms with Crippen LogP contribution in [0.5, 0.6) is 5.75 Å². The number of halogens is 3. The summed E-state index contributed by atoms with van der Waals surface area (Å²) in [4.78, 5) is 2.41. The second kappa shape index (κ2) is 9.06. The molecule has 1 aromatic carbocycles. The number of likely N-dealkylation sites (tertiary alicyclic amines) is 1. The number of rotatable bonds is 5. The Labute approximate surface area is 143 Å². The Bertz CT molecular complexity index is 415. The van der Waals surface area contributed by atoms with Crippen LogP contribution in [0.4, 0.5) is 0 Å². The van der Waals surface area contributed by atoms with E-state index in [-0.39, 0.29) is 12.4 Å². The highest BCUT2D eigenvalue weighted by molar-refractivity contribution is 6.37. The fourth-order valence-electron chi connectivity index (χ4n) is 2.60. The SMILES string of the molecule is CC(N)C1CCN(CCOc2c(Cl)cccc2Cl)CC1.Cl. The molecule has 1 aliphatic heterocycles. The van der Waals surface area contributed by atoms with E-state index in [9.17, 15) is 0 Å². The fourth-order valence-corrected chi connectivity index (χ4v) is 3.11. The van der Waals surface area contributed by atoms with Crippen LogP contribution in [0.1, 0.15) is 19.8 Å². The van der Waals surface area contributed by atoms with Crippen molar-refractivity contribution < 1.29 is 4.74 Å². The highest BCUT2D eigenvalue weighted by Gasteiger charge is 2.21. The van der Waals surface area contributed by atoms with Crippen LogP contribution in [0, 0.1) is 5.92 Å². The topological polar surface area (TPSA) is 38.5 Å². The summed E-state index contributed by atoms with van der Waals surface area (Å²) in [7, 11) is 0. The van der Waals surface area contributed by atoms with Crippen LogP contribution in [-0.4, -0.2) is 37.2 Å². The number of para-hydroxylation sites is 1. The summed E-state index contributed by atoms with van der Waals surface area (Å²) in [6, 6.07) is 5.69. The molecule has 0 amide bonds. The first-order valence-electron chi connectivity index (χ1n) is 7.12. The average Bonchev–Trinajstić information content (AvgIpc) is 2.42. The quantitative estimate of drug-likeness (QED) is 0.873. The zero-order valence-corrected chi connectivity index (χ0v) is 14.6. The van der Waals surface area contributed by atoms with Gasteiger partial charge in [0.15, 0.2) is 5.75 Å². The van der Waals surface area contributed by atoms with Crippen LogP contribution in [0.15, 0.2) is 18.2 Å². The van der Waals surface area contributed by atoms with Crippen molar-refractivity contribution in [1.29, 1.82) is 0 Å². The number of hydrogen-bond acceptors (Lipinski definition) is 3. The number of hydrogen-bond donors (Lipinski definition) is 1. The summed E-state index contributed by atoms with van der Waals surface area (Å²) in [6.45, 7) is 5.78. The van der Waals surface area contributed by atoms with Gasteiger partial charge in [0.05, 0.1) is 10.0 Å². The van der Waals surface area contributed by atoms with Gasteiger partial charge >= 0.3 is 0 Å². The molecule has 2 rings (SSSR count). The summed E-state index contributed by atoms with van der Waals surface area (Å²) in [5.74, 6) is 1.24. The third kappa shape index (κ3) is 5.50. The Balaban J connectivity index is 0.00000220. The molecule has 1 heterocycles. The molecule has 2 N–H and O–H groups in total. The first-order valence-corrected chi connectivity index (χ1v) is 7.88. The summed E-state index contributed by atoms with van der Waals surface area (Å²) >= 11 is 12.1. The van der Waals surface area contributed by atoms with Crippen molar-refractivity contribution in [2.45, 2.75) is 25.8 Å². The molecule has 1 atom stereocenters. The molecule has 1 aromatic rings. The van der Waals surface area contributed by atoms with Crippen molar-refractivity contribution in [3.63, 3.8) is 0 Å². The lowest BCUT2D eigenvalue weighted by molar-refractivity contribution is 0.147. The minimum absolute atomic E-state index is 0. The number of ether oxygens (including phenoxy) is 1. The van der Waals surface area contributed by atoms with Gasteiger partial charge in [0, 0.05) is 12.6 Å². The molecule has 0 radical (unpaired) electrons. The Morgan fingerprint density at radius 2 is 1.86 bits per heavy atom. The van der Waals surface area contributed by atoms with Crippen LogP contribution in [0.25, 0.3) is 0 Å². The Hall–Kier alpha value is -0.190. The summed E-state index contributed by atoms with van der Waals surface area (Å²) in [5, 5.41) is 1.13. The molecule has 120 valence electrons. The molecule has 0 aromatic heterocycles. The van der Waals surface area contributed by atoms with Crippen molar-refractivity contribution in [3.05, 3.63) is 28.2 Å². The molecule has 1 aliphatic rings. The largest absolute Gasteiger partial charge is 0.489 e. The Morgan fingerprint density at radius 1 is 1.29 bits per heavy atom. The average molecular weight is 354 g/mol. The maximum atomic E-state index is 6.07. The van der Waals surface area contributed by atoms with Crippen molar-refractivity contribution in [2.75, 3.05) is 26.2 Å². The monoisotopic (exact) mass is 352 g/mol. The highest BCUT2D eigenvalue weighted by Crippen LogP contribution is 2.32. The van der Waals surface area contributed by atoms with E-state index >= 15 is 0 Å². The molecule has 1 fully saturated rings. The van der Waals surface area contributed by atoms with Gasteiger partial charge < -0.3 is 10.5 Å². The van der Waals surface area contributed by atoms with Gasteiger partial charge in [-0.05, 0) is 50.9 Å². The predicted molar refractivity (Wildman–Crippen MR) is 92.0 cm³/mol. The maximum absolute atomic E-state index is 6.07. The fraction of sp³-hybridized carbons (Fsp3) is 0.600. The molecule has 0 saturated carbocycles. The van der Waals surface area contributed by atoms with E-state index in [4.69, 9.17) is 33.7 Å². The van der Waals surface area contributed by atoms with Gasteiger partial charge in [0.25, 0.3) is 0 Å². The zero-order valence-electron chi connectivity index (χ0n) is 12.2. The van der Waals surface area contributed by atoms with Crippen molar-refractivity contribution in [3.8, 4) is 5.75 Å². The van der Waals surface area contributed by atoms with Gasteiger partial charge in [0.1, 0.15) is 6.61 Å². The predicted octanol–water partition coefficient (Wildman–Crippen LogP) is 3.85. The normalized spacial score (nSPS) is 18.1. The van der Waals surface area contributed by atoms with Crippen molar-refractivity contribution >= 4 is 35.6 Å². The van der Waals surface area contributed by atoms with Gasteiger partial charge in [-0.15, -0.1) is 12.4 Å². The van der Waals surface area contributed by atoms with Crippen molar-refractivity contribution in [2.24, 2.45) is 11.7 Å². The first-order chi connectivity index (χ1) is 9.58. The lowest BCUT2D eigenvalue weighted by Crippen LogP contribution is -2.41. The summed E-state index contributed by atoms with van der Waals surface area (Å²) < 4.78 is 5.71. The van der Waals surface area contributed by atoms with Crippen LogP contribution in [0.3, 0.4) is 0 Å². The molecule has 1 unspecified atom stereocenters.